The van der Waals surface area contributed by atoms with Crippen LogP contribution in [0.4, 0.5) is 0 Å². The van der Waals surface area contributed by atoms with Crippen LogP contribution in [0.5, 0.6) is 0 Å². The van der Waals surface area contributed by atoms with Crippen LogP contribution >= 0.6 is 0 Å². The molecule has 0 aliphatic carbocycles. The van der Waals surface area contributed by atoms with Gasteiger partial charge in [-0.15, -0.1) is 0 Å². The molecule has 0 radical (unpaired) electrons. The molecule has 4 nitrogen and oxygen atoms in total. The average molecular weight is 246 g/mol. The van der Waals surface area contributed by atoms with Crippen molar-refractivity contribution in [3.8, 4) is 0 Å². The second-order valence-corrected chi connectivity index (χ2v) is 4.29. The molecule has 1 aromatic carbocycles. The third-order valence-electron chi connectivity index (χ3n) is 3.16. The van der Waals surface area contributed by atoms with E-state index in [1.54, 1.807) is 0 Å². The van der Waals surface area contributed by atoms with E-state index >= 15 is 0 Å². The van der Waals surface area contributed by atoms with Crippen molar-refractivity contribution in [2.24, 2.45) is 5.73 Å². The lowest BCUT2D eigenvalue weighted by atomic mass is 10.1. The number of hydrogen-bond donors (Lipinski definition) is 1. The number of para-hydroxylation sites is 1. The maximum absolute atomic E-state index is 11.4. The Bertz CT molecular complexity index is 560. The molecule has 1 atom stereocenters. The largest absolute Gasteiger partial charge is 0.468 e. The molecule has 0 aliphatic heterocycles. The van der Waals surface area contributed by atoms with Crippen molar-refractivity contribution in [3.63, 3.8) is 0 Å². The van der Waals surface area contributed by atoms with Crippen LogP contribution in [-0.2, 0) is 22.5 Å². The Balaban J connectivity index is 2.36. The Morgan fingerprint density at radius 1 is 1.44 bits per heavy atom. The fraction of sp³-hybridized carbons (Fsp3) is 0.357. The van der Waals surface area contributed by atoms with Crippen LogP contribution in [0.15, 0.2) is 30.5 Å². The van der Waals surface area contributed by atoms with E-state index in [4.69, 9.17) is 5.73 Å². The normalized spacial score (nSPS) is 12.6. The number of esters is 1. The third kappa shape index (κ3) is 2.24. The van der Waals surface area contributed by atoms with Gasteiger partial charge in [0.15, 0.2) is 0 Å². The number of fused-ring (bicyclic) bond motifs is 1. The summed E-state index contributed by atoms with van der Waals surface area (Å²) in [4.78, 5) is 11.4. The Hall–Kier alpha value is -1.81. The van der Waals surface area contributed by atoms with E-state index < -0.39 is 6.04 Å². The summed E-state index contributed by atoms with van der Waals surface area (Å²) in [5.41, 5.74) is 8.08. The number of rotatable bonds is 4. The maximum atomic E-state index is 11.4. The molecule has 2 rings (SSSR count). The molecule has 1 aromatic heterocycles. The Morgan fingerprint density at radius 3 is 2.83 bits per heavy atom. The van der Waals surface area contributed by atoms with E-state index in [0.29, 0.717) is 6.42 Å². The van der Waals surface area contributed by atoms with Crippen LogP contribution in [-0.4, -0.2) is 23.7 Å². The first-order chi connectivity index (χ1) is 8.67. The van der Waals surface area contributed by atoms with Gasteiger partial charge in [0, 0.05) is 30.1 Å². The van der Waals surface area contributed by atoms with E-state index in [1.807, 2.05) is 12.1 Å². The molecule has 0 spiro atoms. The van der Waals surface area contributed by atoms with E-state index in [2.05, 4.69) is 34.6 Å². The first-order valence-electron chi connectivity index (χ1n) is 6.07. The Kier molecular flexibility index (Phi) is 3.67. The summed E-state index contributed by atoms with van der Waals surface area (Å²) >= 11 is 0. The molecule has 0 bridgehead atoms. The topological polar surface area (TPSA) is 57.2 Å². The van der Waals surface area contributed by atoms with Crippen molar-refractivity contribution in [1.82, 2.24) is 4.57 Å². The number of benzene rings is 1. The van der Waals surface area contributed by atoms with Gasteiger partial charge in [-0.05, 0) is 18.6 Å². The predicted octanol–water partition coefficient (Wildman–Crippen LogP) is 1.70. The molecule has 96 valence electrons. The lowest BCUT2D eigenvalue weighted by Gasteiger charge is -2.07. The molecule has 2 N–H and O–H groups in total. The SMILES string of the molecule is CCn1cc(CC(N)C(=O)OC)c2ccccc21. The minimum absolute atomic E-state index is 0.372. The minimum Gasteiger partial charge on any atom is -0.468 e. The predicted molar refractivity (Wildman–Crippen MR) is 71.3 cm³/mol. The number of aryl methyl sites for hydroxylation is 1. The smallest absolute Gasteiger partial charge is 0.322 e. The highest BCUT2D eigenvalue weighted by atomic mass is 16.5. The summed E-state index contributed by atoms with van der Waals surface area (Å²) in [5.74, 6) is -0.372. The number of nitrogens with zero attached hydrogens (tertiary/aromatic N) is 1. The van der Waals surface area contributed by atoms with Gasteiger partial charge in [-0.1, -0.05) is 18.2 Å². The van der Waals surface area contributed by atoms with Crippen LogP contribution in [0.3, 0.4) is 0 Å². The summed E-state index contributed by atoms with van der Waals surface area (Å²) in [5, 5.41) is 1.15. The lowest BCUT2D eigenvalue weighted by Crippen LogP contribution is -2.33. The fourth-order valence-electron chi connectivity index (χ4n) is 2.22. The molecule has 1 heterocycles. The molecule has 18 heavy (non-hydrogen) atoms. The third-order valence-corrected chi connectivity index (χ3v) is 3.16. The average Bonchev–Trinajstić information content (AvgIpc) is 2.76. The van der Waals surface area contributed by atoms with Crippen LogP contribution in [0.1, 0.15) is 12.5 Å². The van der Waals surface area contributed by atoms with E-state index in [1.165, 1.54) is 12.6 Å². The molecule has 1 unspecified atom stereocenters. The van der Waals surface area contributed by atoms with Crippen molar-refractivity contribution >= 4 is 16.9 Å². The molecule has 0 saturated heterocycles. The summed E-state index contributed by atoms with van der Waals surface area (Å²) in [7, 11) is 1.36. The molecule has 0 fully saturated rings. The van der Waals surface area contributed by atoms with Crippen molar-refractivity contribution in [2.45, 2.75) is 25.9 Å². The van der Waals surface area contributed by atoms with Crippen LogP contribution in [0.2, 0.25) is 0 Å². The molecular weight excluding hydrogens is 228 g/mol. The number of nitrogens with two attached hydrogens (primary N) is 1. The molecule has 4 heteroatoms. The van der Waals surface area contributed by atoms with Gasteiger partial charge in [-0.25, -0.2) is 0 Å². The van der Waals surface area contributed by atoms with E-state index in [0.717, 1.165) is 17.5 Å². The molecular formula is C14H18N2O2. The van der Waals surface area contributed by atoms with Crippen molar-refractivity contribution in [1.29, 1.82) is 0 Å². The van der Waals surface area contributed by atoms with Gasteiger partial charge in [0.05, 0.1) is 7.11 Å². The number of aromatic nitrogens is 1. The monoisotopic (exact) mass is 246 g/mol. The van der Waals surface area contributed by atoms with Gasteiger partial charge in [0.25, 0.3) is 0 Å². The first-order valence-corrected chi connectivity index (χ1v) is 6.07. The van der Waals surface area contributed by atoms with Gasteiger partial charge in [-0.3, -0.25) is 4.79 Å². The minimum atomic E-state index is -0.605. The highest BCUT2D eigenvalue weighted by Crippen LogP contribution is 2.22. The highest BCUT2D eigenvalue weighted by Gasteiger charge is 2.17. The zero-order chi connectivity index (χ0) is 13.1. The molecule has 0 saturated carbocycles. The van der Waals surface area contributed by atoms with E-state index in [9.17, 15) is 4.79 Å². The summed E-state index contributed by atoms with van der Waals surface area (Å²) in [6.07, 6.45) is 2.56. The second kappa shape index (κ2) is 5.23. The second-order valence-electron chi connectivity index (χ2n) is 4.29. The van der Waals surface area contributed by atoms with Gasteiger partial charge in [-0.2, -0.15) is 0 Å². The Labute approximate surface area is 106 Å². The number of ether oxygens (including phenoxy) is 1. The quantitative estimate of drug-likeness (QED) is 0.835. The lowest BCUT2D eigenvalue weighted by molar-refractivity contribution is -0.142. The van der Waals surface area contributed by atoms with Gasteiger partial charge < -0.3 is 15.0 Å². The standard InChI is InChI=1S/C14H18N2O2/c1-3-16-9-10(8-12(15)14(17)18-2)11-6-4-5-7-13(11)16/h4-7,9,12H,3,8,15H2,1-2H3. The number of carbonyl (C=O) groups excluding carboxylic acids is 1. The van der Waals surface area contributed by atoms with Gasteiger partial charge in [0.2, 0.25) is 0 Å². The van der Waals surface area contributed by atoms with Gasteiger partial charge >= 0.3 is 5.97 Å². The maximum Gasteiger partial charge on any atom is 0.322 e. The molecule has 0 aliphatic rings. The van der Waals surface area contributed by atoms with Gasteiger partial charge in [0.1, 0.15) is 6.04 Å². The highest BCUT2D eigenvalue weighted by molar-refractivity contribution is 5.85. The molecule has 2 aromatic rings. The first kappa shape index (κ1) is 12.6. The van der Waals surface area contributed by atoms with Crippen LogP contribution in [0.25, 0.3) is 10.9 Å². The van der Waals surface area contributed by atoms with E-state index in [-0.39, 0.29) is 5.97 Å². The van der Waals surface area contributed by atoms with Crippen molar-refractivity contribution in [3.05, 3.63) is 36.0 Å². The number of carbonyl (C=O) groups is 1. The summed E-state index contributed by atoms with van der Waals surface area (Å²) in [6, 6.07) is 7.53. The number of hydrogen-bond acceptors (Lipinski definition) is 3. The Morgan fingerprint density at radius 2 is 2.17 bits per heavy atom. The molecule has 0 amide bonds. The van der Waals surface area contributed by atoms with Crippen molar-refractivity contribution in [2.75, 3.05) is 7.11 Å². The summed E-state index contributed by atoms with van der Waals surface area (Å²) in [6.45, 7) is 2.99. The zero-order valence-electron chi connectivity index (χ0n) is 10.7. The van der Waals surface area contributed by atoms with Crippen molar-refractivity contribution < 1.29 is 9.53 Å². The van der Waals surface area contributed by atoms with Crippen LogP contribution in [0, 0.1) is 0 Å². The number of methoxy groups -OCH3 is 1. The summed E-state index contributed by atoms with van der Waals surface area (Å²) < 4.78 is 6.82. The zero-order valence-corrected chi connectivity index (χ0v) is 10.7. The van der Waals surface area contributed by atoms with Crippen LogP contribution < -0.4 is 5.73 Å². The fourth-order valence-corrected chi connectivity index (χ4v) is 2.22.